The maximum atomic E-state index is 15.3. The highest BCUT2D eigenvalue weighted by molar-refractivity contribution is 7.52. The summed E-state index contributed by atoms with van der Waals surface area (Å²) >= 11 is 0. The van der Waals surface area contributed by atoms with Crippen LogP contribution in [0.1, 0.15) is 32.8 Å². The van der Waals surface area contributed by atoms with E-state index in [1.807, 2.05) is 0 Å². The number of imidazole rings is 1. The second kappa shape index (κ2) is 11.9. The molecule has 1 unspecified atom stereocenters. The number of aliphatic hydroxyl groups is 1. The first kappa shape index (κ1) is 28.8. The highest BCUT2D eigenvalue weighted by Gasteiger charge is 2.47. The molecule has 2 aromatic heterocycles. The van der Waals surface area contributed by atoms with Crippen molar-refractivity contribution >= 4 is 30.7 Å². The molecule has 0 bridgehead atoms. The number of ether oxygens (including phenoxy) is 2. The Labute approximate surface area is 224 Å². The molecule has 0 radical (unpaired) electrons. The third-order valence-corrected chi connectivity index (χ3v) is 7.42. The second-order valence-corrected chi connectivity index (χ2v) is 10.9. The quantitative estimate of drug-likeness (QED) is 0.230. The van der Waals surface area contributed by atoms with E-state index in [4.69, 9.17) is 18.5 Å². The Morgan fingerprint density at radius 2 is 1.97 bits per heavy atom. The number of fused-ring (bicyclic) bond motifs is 1. The summed E-state index contributed by atoms with van der Waals surface area (Å²) in [4.78, 5) is 25.2. The average molecular weight is 567 g/mol. The second-order valence-electron chi connectivity index (χ2n) is 9.23. The zero-order valence-electron chi connectivity index (χ0n) is 22.1. The minimum Gasteiger partial charge on any atom is -0.462 e. The Kier molecular flexibility index (Phi) is 8.82. The van der Waals surface area contributed by atoms with Crippen molar-refractivity contribution in [3.8, 4) is 5.75 Å². The fraction of sp³-hybridized carbons (Fsp3) is 0.500. The highest BCUT2D eigenvalue weighted by Crippen LogP contribution is 2.46. The lowest BCUT2D eigenvalue weighted by Gasteiger charge is -2.25. The van der Waals surface area contributed by atoms with Gasteiger partial charge in [-0.25, -0.2) is 23.9 Å². The number of carbonyl (C=O) groups is 1. The van der Waals surface area contributed by atoms with Crippen LogP contribution in [0.4, 0.5) is 10.2 Å². The van der Waals surface area contributed by atoms with Gasteiger partial charge in [0.15, 0.2) is 29.4 Å². The standard InChI is InChI=1S/C24H32FN6O7P/c1-13(2)36-24(33)14(3)30-39(34,38-16-9-7-6-8-10-16)35-11-17-20(32)18(25)23(37-17)31-12-27-19-21(26-5)28-15(4)29-22(19)31/h6-10,12-14,17-18,20,23,32H,11H2,1-5H3,(H,30,34)(H,26,28,29)/t14-,17+,18+,20+,23+,39?/m0/s1. The van der Waals surface area contributed by atoms with Crippen molar-refractivity contribution in [1.82, 2.24) is 24.6 Å². The van der Waals surface area contributed by atoms with Crippen LogP contribution in [0, 0.1) is 6.92 Å². The van der Waals surface area contributed by atoms with E-state index in [2.05, 4.69) is 25.4 Å². The minimum atomic E-state index is -4.24. The summed E-state index contributed by atoms with van der Waals surface area (Å²) < 4.78 is 52.5. The predicted octanol–water partition coefficient (Wildman–Crippen LogP) is 2.91. The number of hydrogen-bond donors (Lipinski definition) is 3. The highest BCUT2D eigenvalue weighted by atomic mass is 31.2. The van der Waals surface area contributed by atoms with Crippen LogP contribution >= 0.6 is 7.75 Å². The van der Waals surface area contributed by atoms with Gasteiger partial charge in [0.2, 0.25) is 0 Å². The van der Waals surface area contributed by atoms with E-state index in [-0.39, 0.29) is 5.75 Å². The normalized spacial score (nSPS) is 23.5. The number of aryl methyl sites for hydroxylation is 1. The number of anilines is 1. The number of esters is 1. The van der Waals surface area contributed by atoms with Crippen molar-refractivity contribution in [3.63, 3.8) is 0 Å². The number of aliphatic hydroxyl groups excluding tert-OH is 1. The van der Waals surface area contributed by atoms with Crippen LogP contribution in [0.25, 0.3) is 11.2 Å². The molecule has 4 rings (SSSR count). The fourth-order valence-electron chi connectivity index (χ4n) is 3.96. The van der Waals surface area contributed by atoms with E-state index >= 15 is 4.39 Å². The summed E-state index contributed by atoms with van der Waals surface area (Å²) in [6.07, 6.45) is -5.09. The molecule has 15 heteroatoms. The van der Waals surface area contributed by atoms with Crippen molar-refractivity contribution in [3.05, 3.63) is 42.5 Å². The Bertz CT molecular complexity index is 1340. The third-order valence-electron chi connectivity index (χ3n) is 5.77. The van der Waals surface area contributed by atoms with E-state index in [9.17, 15) is 14.5 Å². The molecule has 1 aromatic carbocycles. The summed E-state index contributed by atoms with van der Waals surface area (Å²) in [5, 5.41) is 16.1. The molecule has 0 saturated carbocycles. The largest absolute Gasteiger partial charge is 0.462 e. The van der Waals surface area contributed by atoms with Gasteiger partial charge in [0.05, 0.1) is 19.0 Å². The van der Waals surface area contributed by atoms with Crippen LogP contribution in [-0.2, 0) is 23.4 Å². The van der Waals surface area contributed by atoms with Gasteiger partial charge in [-0.3, -0.25) is 13.9 Å². The molecular formula is C24H32FN6O7P. The van der Waals surface area contributed by atoms with Crippen molar-refractivity contribution in [2.45, 2.75) is 64.4 Å². The molecule has 1 saturated heterocycles. The summed E-state index contributed by atoms with van der Waals surface area (Å²) in [6.45, 7) is 5.96. The Morgan fingerprint density at radius 1 is 1.26 bits per heavy atom. The third kappa shape index (κ3) is 6.53. The van der Waals surface area contributed by atoms with E-state index in [0.29, 0.717) is 22.8 Å². The van der Waals surface area contributed by atoms with Crippen molar-refractivity contribution in [1.29, 1.82) is 0 Å². The lowest BCUT2D eigenvalue weighted by Crippen LogP contribution is -2.37. The van der Waals surface area contributed by atoms with Crippen LogP contribution in [-0.4, -0.2) is 74.8 Å². The molecule has 1 fully saturated rings. The monoisotopic (exact) mass is 566 g/mol. The zero-order valence-corrected chi connectivity index (χ0v) is 23.0. The predicted molar refractivity (Wildman–Crippen MR) is 139 cm³/mol. The smallest absolute Gasteiger partial charge is 0.459 e. The van der Waals surface area contributed by atoms with Crippen LogP contribution < -0.4 is 14.9 Å². The molecule has 0 aliphatic carbocycles. The van der Waals surface area contributed by atoms with Gasteiger partial charge in [-0.05, 0) is 39.8 Å². The Morgan fingerprint density at radius 3 is 2.64 bits per heavy atom. The number of halogens is 1. The lowest BCUT2D eigenvalue weighted by atomic mass is 10.1. The van der Waals surface area contributed by atoms with Gasteiger partial charge >= 0.3 is 13.7 Å². The summed E-state index contributed by atoms with van der Waals surface area (Å²) in [5.74, 6) is 0.418. The van der Waals surface area contributed by atoms with E-state index in [0.717, 1.165) is 0 Å². The number of aromatic nitrogens is 4. The van der Waals surface area contributed by atoms with Gasteiger partial charge in [0, 0.05) is 7.05 Å². The maximum absolute atomic E-state index is 15.3. The number of nitrogens with one attached hydrogen (secondary N) is 2. The zero-order chi connectivity index (χ0) is 28.3. The van der Waals surface area contributed by atoms with Gasteiger partial charge < -0.3 is 24.4 Å². The summed E-state index contributed by atoms with van der Waals surface area (Å²) in [5.41, 5.74) is 0.714. The van der Waals surface area contributed by atoms with Crippen LogP contribution in [0.15, 0.2) is 36.7 Å². The molecule has 6 atom stereocenters. The van der Waals surface area contributed by atoms with Gasteiger partial charge in [0.1, 0.15) is 29.8 Å². The first-order valence-corrected chi connectivity index (χ1v) is 13.9. The summed E-state index contributed by atoms with van der Waals surface area (Å²) in [7, 11) is -2.57. The first-order valence-electron chi connectivity index (χ1n) is 12.4. The fourth-order valence-corrected chi connectivity index (χ4v) is 5.46. The number of alkyl halides is 1. The van der Waals surface area contributed by atoms with Crippen molar-refractivity contribution in [2.24, 2.45) is 0 Å². The SMILES string of the molecule is CNc1nc(C)nc2c1ncn2[C@@H]1O[C@H](COP(=O)(N[C@@H](C)C(=O)OC(C)C)Oc2ccccc2)[C@@H](O)[C@H]1F. The topological polar surface area (TPSA) is 159 Å². The molecule has 3 N–H and O–H groups in total. The number of para-hydroxylation sites is 1. The number of rotatable bonds is 11. The van der Waals surface area contributed by atoms with E-state index in [1.165, 1.54) is 17.8 Å². The van der Waals surface area contributed by atoms with Crippen LogP contribution in [0.2, 0.25) is 0 Å². The van der Waals surface area contributed by atoms with Gasteiger partial charge in [0.25, 0.3) is 0 Å². The van der Waals surface area contributed by atoms with Gasteiger partial charge in [-0.1, -0.05) is 18.2 Å². The molecule has 212 valence electrons. The molecular weight excluding hydrogens is 534 g/mol. The molecule has 13 nitrogen and oxygen atoms in total. The number of hydrogen-bond acceptors (Lipinski definition) is 11. The minimum absolute atomic E-state index is 0.201. The average Bonchev–Trinajstić information content (AvgIpc) is 3.42. The number of benzene rings is 1. The van der Waals surface area contributed by atoms with Crippen LogP contribution in [0.3, 0.4) is 0 Å². The molecule has 3 heterocycles. The first-order chi connectivity index (χ1) is 18.5. The molecule has 0 spiro atoms. The van der Waals surface area contributed by atoms with Crippen molar-refractivity contribution in [2.75, 3.05) is 19.0 Å². The van der Waals surface area contributed by atoms with Crippen LogP contribution in [0.5, 0.6) is 5.75 Å². The number of carbonyl (C=O) groups excluding carboxylic acids is 1. The Hall–Kier alpha value is -3.16. The summed E-state index contributed by atoms with van der Waals surface area (Å²) in [6, 6.07) is 7.11. The maximum Gasteiger partial charge on any atom is 0.459 e. The molecule has 1 aliphatic heterocycles. The Balaban J connectivity index is 1.52. The molecule has 0 amide bonds. The van der Waals surface area contributed by atoms with E-state index in [1.54, 1.807) is 58.2 Å². The molecule has 1 aliphatic rings. The van der Waals surface area contributed by atoms with Gasteiger partial charge in [-0.2, -0.15) is 5.09 Å². The molecule has 3 aromatic rings. The molecule has 39 heavy (non-hydrogen) atoms. The van der Waals surface area contributed by atoms with Gasteiger partial charge in [-0.15, -0.1) is 0 Å². The lowest BCUT2D eigenvalue weighted by molar-refractivity contribution is -0.149. The van der Waals surface area contributed by atoms with Crippen molar-refractivity contribution < 1.29 is 37.4 Å². The number of nitrogens with zero attached hydrogens (tertiary/aromatic N) is 4. The van der Waals surface area contributed by atoms with E-state index < -0.39 is 57.1 Å².